The van der Waals surface area contributed by atoms with Gasteiger partial charge in [0.25, 0.3) is 5.56 Å². The minimum atomic E-state index is -0.265. The fraction of sp³-hybridized carbons (Fsp3) is 0.240. The van der Waals surface area contributed by atoms with E-state index in [-0.39, 0.29) is 24.0 Å². The fourth-order valence-corrected chi connectivity index (χ4v) is 4.44. The molecule has 33 heavy (non-hydrogen) atoms. The van der Waals surface area contributed by atoms with E-state index in [0.717, 1.165) is 11.1 Å². The van der Waals surface area contributed by atoms with Crippen molar-refractivity contribution in [3.8, 4) is 28.4 Å². The van der Waals surface area contributed by atoms with Crippen LogP contribution < -0.4 is 19.8 Å². The second kappa shape index (κ2) is 9.46. The number of ketones is 1. The van der Waals surface area contributed by atoms with Gasteiger partial charge in [0.15, 0.2) is 17.3 Å². The molecular weight excluding hydrogens is 440 g/mol. The number of benzene rings is 2. The highest BCUT2D eigenvalue weighted by molar-refractivity contribution is 7.17. The van der Waals surface area contributed by atoms with Gasteiger partial charge in [-0.3, -0.25) is 14.2 Å². The summed E-state index contributed by atoms with van der Waals surface area (Å²) in [5.74, 6) is 1.68. The lowest BCUT2D eigenvalue weighted by Gasteiger charge is -2.10. The van der Waals surface area contributed by atoms with Gasteiger partial charge < -0.3 is 14.2 Å². The molecule has 0 fully saturated rings. The van der Waals surface area contributed by atoms with Crippen LogP contribution in [0.15, 0.2) is 59.0 Å². The van der Waals surface area contributed by atoms with Crippen LogP contribution in [0.5, 0.6) is 17.2 Å². The zero-order valence-electron chi connectivity index (χ0n) is 18.8. The molecule has 8 heteroatoms. The van der Waals surface area contributed by atoms with Gasteiger partial charge >= 0.3 is 0 Å². The van der Waals surface area contributed by atoms with Crippen LogP contribution in [0.25, 0.3) is 21.3 Å². The molecule has 0 aliphatic heterocycles. The van der Waals surface area contributed by atoms with Gasteiger partial charge in [0.2, 0.25) is 0 Å². The van der Waals surface area contributed by atoms with Gasteiger partial charge in [0, 0.05) is 16.5 Å². The van der Waals surface area contributed by atoms with Crippen LogP contribution in [0, 0.1) is 0 Å². The summed E-state index contributed by atoms with van der Waals surface area (Å²) >= 11 is 1.38. The van der Waals surface area contributed by atoms with E-state index in [0.29, 0.717) is 33.0 Å². The molecule has 0 aliphatic carbocycles. The van der Waals surface area contributed by atoms with Gasteiger partial charge in [0.05, 0.1) is 38.6 Å². The van der Waals surface area contributed by atoms with E-state index in [2.05, 4.69) is 4.98 Å². The molecule has 0 atom stereocenters. The number of thiophene rings is 1. The van der Waals surface area contributed by atoms with Gasteiger partial charge in [-0.05, 0) is 55.8 Å². The number of rotatable bonds is 8. The van der Waals surface area contributed by atoms with Crippen LogP contribution in [0.4, 0.5) is 0 Å². The third-order valence-electron chi connectivity index (χ3n) is 5.12. The Balaban J connectivity index is 1.66. The smallest absolute Gasteiger partial charge is 0.263 e. The summed E-state index contributed by atoms with van der Waals surface area (Å²) in [5, 5.41) is 2.36. The molecule has 0 saturated carbocycles. The second-order valence-corrected chi connectivity index (χ2v) is 8.55. The van der Waals surface area contributed by atoms with Crippen molar-refractivity contribution in [2.24, 2.45) is 0 Å². The number of nitrogens with zero attached hydrogens (tertiary/aromatic N) is 2. The van der Waals surface area contributed by atoms with E-state index in [4.69, 9.17) is 14.2 Å². The monoisotopic (exact) mass is 464 g/mol. The van der Waals surface area contributed by atoms with Crippen molar-refractivity contribution >= 4 is 27.3 Å². The molecule has 0 N–H and O–H groups in total. The maximum atomic E-state index is 13.3. The summed E-state index contributed by atoms with van der Waals surface area (Å²) in [7, 11) is 3.14. The molecule has 0 radical (unpaired) electrons. The predicted molar refractivity (Wildman–Crippen MR) is 129 cm³/mol. The highest BCUT2D eigenvalue weighted by Gasteiger charge is 2.17. The number of hydrogen-bond donors (Lipinski definition) is 0. The lowest BCUT2D eigenvalue weighted by atomic mass is 10.1. The molecule has 0 bridgehead atoms. The molecule has 0 aliphatic rings. The number of ether oxygens (including phenoxy) is 3. The Bertz CT molecular complexity index is 1360. The maximum absolute atomic E-state index is 13.3. The minimum absolute atomic E-state index is 0.0495. The van der Waals surface area contributed by atoms with Crippen molar-refractivity contribution in [1.29, 1.82) is 0 Å². The quantitative estimate of drug-likeness (QED) is 0.348. The van der Waals surface area contributed by atoms with Crippen molar-refractivity contribution in [3.05, 3.63) is 70.1 Å². The molecule has 2 aromatic carbocycles. The van der Waals surface area contributed by atoms with Gasteiger partial charge in [0.1, 0.15) is 10.6 Å². The molecule has 0 saturated heterocycles. The van der Waals surface area contributed by atoms with Gasteiger partial charge in [-0.25, -0.2) is 4.98 Å². The van der Waals surface area contributed by atoms with Crippen LogP contribution in [0.1, 0.15) is 24.2 Å². The van der Waals surface area contributed by atoms with Gasteiger partial charge in [-0.2, -0.15) is 0 Å². The Morgan fingerprint density at radius 3 is 2.45 bits per heavy atom. The van der Waals surface area contributed by atoms with Crippen molar-refractivity contribution in [2.75, 3.05) is 14.2 Å². The molecule has 4 rings (SSSR count). The largest absolute Gasteiger partial charge is 0.493 e. The summed E-state index contributed by atoms with van der Waals surface area (Å²) in [6.45, 7) is 3.78. The summed E-state index contributed by atoms with van der Waals surface area (Å²) in [6, 6.07) is 12.4. The van der Waals surface area contributed by atoms with E-state index in [1.165, 1.54) is 22.2 Å². The van der Waals surface area contributed by atoms with Crippen LogP contribution in [0.3, 0.4) is 0 Å². The minimum Gasteiger partial charge on any atom is -0.493 e. The summed E-state index contributed by atoms with van der Waals surface area (Å²) in [5.41, 5.74) is 1.79. The third-order valence-corrected chi connectivity index (χ3v) is 6.00. The summed E-state index contributed by atoms with van der Waals surface area (Å²) < 4.78 is 17.7. The second-order valence-electron chi connectivity index (χ2n) is 7.69. The topological polar surface area (TPSA) is 79.7 Å². The predicted octanol–water partition coefficient (Wildman–Crippen LogP) is 4.81. The molecule has 0 spiro atoms. The zero-order chi connectivity index (χ0) is 23.5. The molecular formula is C25H24N2O5S. The number of carbonyl (C=O) groups is 1. The maximum Gasteiger partial charge on any atom is 0.263 e. The first-order valence-corrected chi connectivity index (χ1v) is 11.3. The number of Topliss-reactive ketones (excluding diaryl/α,β-unsaturated/α-hetero) is 1. The SMILES string of the molecule is COc1ccc(-c2csc3ncn(CC(=O)c4ccc(OC(C)C)cc4)c(=O)c23)cc1OC. The number of carbonyl (C=O) groups excluding carboxylic acids is 1. The average molecular weight is 465 g/mol. The lowest BCUT2D eigenvalue weighted by molar-refractivity contribution is 0.0970. The molecule has 0 amide bonds. The Hall–Kier alpha value is -3.65. The third kappa shape index (κ3) is 4.61. The van der Waals surface area contributed by atoms with Crippen LogP contribution in [-0.2, 0) is 6.54 Å². The normalized spacial score (nSPS) is 11.1. The standard InChI is InChI=1S/C25H24N2O5S/c1-15(2)32-18-8-5-16(6-9-18)20(28)12-27-14-26-24-23(25(27)29)19(13-33-24)17-7-10-21(30-3)22(11-17)31-4/h5-11,13-15H,12H2,1-4H3. The molecule has 0 unspecified atom stereocenters. The lowest BCUT2D eigenvalue weighted by Crippen LogP contribution is -2.24. The van der Waals surface area contributed by atoms with Crippen molar-refractivity contribution < 1.29 is 19.0 Å². The van der Waals surface area contributed by atoms with E-state index in [9.17, 15) is 9.59 Å². The molecule has 2 heterocycles. The van der Waals surface area contributed by atoms with Gasteiger partial charge in [-0.15, -0.1) is 11.3 Å². The number of hydrogen-bond acceptors (Lipinski definition) is 7. The Labute approximate surface area is 195 Å². The van der Waals surface area contributed by atoms with Crippen molar-refractivity contribution in [3.63, 3.8) is 0 Å². The van der Waals surface area contributed by atoms with Crippen LogP contribution >= 0.6 is 11.3 Å². The first-order valence-electron chi connectivity index (χ1n) is 10.4. The summed E-state index contributed by atoms with van der Waals surface area (Å²) in [4.78, 5) is 31.2. The van der Waals surface area contributed by atoms with E-state index >= 15 is 0 Å². The molecule has 4 aromatic rings. The van der Waals surface area contributed by atoms with E-state index in [1.54, 1.807) is 44.6 Å². The first kappa shape index (κ1) is 22.5. The van der Waals surface area contributed by atoms with E-state index < -0.39 is 0 Å². The van der Waals surface area contributed by atoms with Gasteiger partial charge in [-0.1, -0.05) is 6.07 Å². The van der Waals surface area contributed by atoms with Crippen LogP contribution in [0.2, 0.25) is 0 Å². The Morgan fingerprint density at radius 1 is 1.06 bits per heavy atom. The highest BCUT2D eigenvalue weighted by Crippen LogP contribution is 2.36. The number of aromatic nitrogens is 2. The number of fused-ring (bicyclic) bond motifs is 1. The van der Waals surface area contributed by atoms with E-state index in [1.807, 2.05) is 31.4 Å². The zero-order valence-corrected chi connectivity index (χ0v) is 19.6. The molecule has 170 valence electrons. The van der Waals surface area contributed by atoms with Crippen molar-refractivity contribution in [2.45, 2.75) is 26.5 Å². The highest BCUT2D eigenvalue weighted by atomic mass is 32.1. The fourth-order valence-electron chi connectivity index (χ4n) is 3.53. The number of methoxy groups -OCH3 is 2. The Morgan fingerprint density at radius 2 is 1.79 bits per heavy atom. The Kier molecular flexibility index (Phi) is 6.46. The molecule has 2 aromatic heterocycles. The van der Waals surface area contributed by atoms with Crippen molar-refractivity contribution in [1.82, 2.24) is 9.55 Å². The molecule has 7 nitrogen and oxygen atoms in total. The van der Waals surface area contributed by atoms with Crippen LogP contribution in [-0.4, -0.2) is 35.7 Å². The first-order chi connectivity index (χ1) is 15.9. The summed E-state index contributed by atoms with van der Waals surface area (Å²) in [6.07, 6.45) is 1.47. The average Bonchev–Trinajstić information content (AvgIpc) is 3.25.